The lowest BCUT2D eigenvalue weighted by molar-refractivity contribution is -0.148. The third kappa shape index (κ3) is 4.71. The number of rotatable bonds is 6. The summed E-state index contributed by atoms with van der Waals surface area (Å²) < 4.78 is 10.1. The molecule has 0 unspecified atom stereocenters. The summed E-state index contributed by atoms with van der Waals surface area (Å²) in [5.41, 5.74) is 2.20. The average Bonchev–Trinajstić information content (AvgIpc) is 2.77. The van der Waals surface area contributed by atoms with Crippen LogP contribution in [-0.4, -0.2) is 44.1 Å². The molecule has 1 amide bonds. The van der Waals surface area contributed by atoms with Crippen molar-refractivity contribution in [3.63, 3.8) is 0 Å². The molecule has 148 valence electrons. The second-order valence-electron chi connectivity index (χ2n) is 7.12. The second-order valence-corrected chi connectivity index (χ2v) is 7.12. The smallest absolute Gasteiger partial charge is 0.308 e. The van der Waals surface area contributed by atoms with Crippen molar-refractivity contribution in [3.05, 3.63) is 65.7 Å². The van der Waals surface area contributed by atoms with Gasteiger partial charge in [-0.05, 0) is 36.1 Å². The molecular weight excluding hydrogens is 354 g/mol. The third-order valence-corrected chi connectivity index (χ3v) is 5.48. The molecule has 0 aromatic heterocycles. The maximum Gasteiger partial charge on any atom is 0.308 e. The Balaban J connectivity index is 1.73. The van der Waals surface area contributed by atoms with Crippen LogP contribution < -0.4 is 4.74 Å². The predicted molar refractivity (Wildman–Crippen MR) is 107 cm³/mol. The van der Waals surface area contributed by atoms with Gasteiger partial charge in [-0.2, -0.15) is 0 Å². The van der Waals surface area contributed by atoms with Crippen LogP contribution in [0, 0.1) is 5.92 Å². The molecule has 1 aliphatic heterocycles. The number of piperidine rings is 1. The summed E-state index contributed by atoms with van der Waals surface area (Å²) in [6, 6.07) is 18.0. The van der Waals surface area contributed by atoms with E-state index in [9.17, 15) is 9.59 Å². The zero-order valence-electron chi connectivity index (χ0n) is 16.5. The van der Waals surface area contributed by atoms with E-state index in [2.05, 4.69) is 12.1 Å². The molecule has 1 fully saturated rings. The first-order valence-electron chi connectivity index (χ1n) is 9.67. The first kappa shape index (κ1) is 19.9. The lowest BCUT2D eigenvalue weighted by atomic mass is 9.87. The second kappa shape index (κ2) is 9.40. The molecule has 0 spiro atoms. The van der Waals surface area contributed by atoms with Crippen molar-refractivity contribution in [1.29, 1.82) is 0 Å². The maximum atomic E-state index is 13.0. The van der Waals surface area contributed by atoms with E-state index in [1.54, 1.807) is 7.11 Å². The minimum Gasteiger partial charge on any atom is -0.497 e. The quantitative estimate of drug-likeness (QED) is 0.717. The van der Waals surface area contributed by atoms with Crippen molar-refractivity contribution in [2.45, 2.75) is 25.2 Å². The van der Waals surface area contributed by atoms with Crippen LogP contribution in [0.4, 0.5) is 0 Å². The van der Waals surface area contributed by atoms with Gasteiger partial charge in [-0.3, -0.25) is 9.59 Å². The summed E-state index contributed by atoms with van der Waals surface area (Å²) in [5, 5.41) is 0. The van der Waals surface area contributed by atoms with Gasteiger partial charge in [-0.15, -0.1) is 0 Å². The Morgan fingerprint density at radius 1 is 0.964 bits per heavy atom. The lowest BCUT2D eigenvalue weighted by Gasteiger charge is -2.32. The fourth-order valence-corrected chi connectivity index (χ4v) is 3.78. The number of amides is 1. The molecular formula is C23H27NO4. The van der Waals surface area contributed by atoms with Crippen molar-refractivity contribution in [3.8, 4) is 5.75 Å². The molecule has 3 rings (SSSR count). The number of benzene rings is 2. The van der Waals surface area contributed by atoms with Gasteiger partial charge in [-0.1, -0.05) is 42.5 Å². The van der Waals surface area contributed by atoms with Crippen LogP contribution in [0.15, 0.2) is 54.6 Å². The Morgan fingerprint density at radius 2 is 1.57 bits per heavy atom. The van der Waals surface area contributed by atoms with E-state index < -0.39 is 0 Å². The first-order chi connectivity index (χ1) is 13.6. The molecule has 5 heteroatoms. The van der Waals surface area contributed by atoms with Crippen molar-refractivity contribution in [2.24, 2.45) is 5.92 Å². The van der Waals surface area contributed by atoms with Crippen LogP contribution in [0.2, 0.25) is 0 Å². The highest BCUT2D eigenvalue weighted by Crippen LogP contribution is 2.31. The minimum atomic E-state index is -0.174. The standard InChI is InChI=1S/C23H27NO4/c1-27-20-10-8-18(9-11-20)21(17-6-4-3-5-7-17)16-22(25)24-14-12-19(13-15-24)23(26)28-2/h3-11,19,21H,12-16H2,1-2H3/t21-/m0/s1. The number of ether oxygens (including phenoxy) is 2. The van der Waals surface area contributed by atoms with Crippen molar-refractivity contribution in [2.75, 3.05) is 27.3 Å². The Kier molecular flexibility index (Phi) is 6.69. The van der Waals surface area contributed by atoms with Gasteiger partial charge in [0, 0.05) is 25.4 Å². The lowest BCUT2D eigenvalue weighted by Crippen LogP contribution is -2.41. The first-order valence-corrected chi connectivity index (χ1v) is 9.67. The van der Waals surface area contributed by atoms with E-state index in [-0.39, 0.29) is 23.7 Å². The number of hydrogen-bond acceptors (Lipinski definition) is 4. The third-order valence-electron chi connectivity index (χ3n) is 5.48. The molecule has 0 radical (unpaired) electrons. The van der Waals surface area contributed by atoms with Gasteiger partial charge in [0.25, 0.3) is 0 Å². The SMILES string of the molecule is COC(=O)C1CCN(C(=O)C[C@@H](c2ccccc2)c2ccc(OC)cc2)CC1. The fraction of sp³-hybridized carbons (Fsp3) is 0.391. The van der Waals surface area contributed by atoms with Gasteiger partial charge in [0.15, 0.2) is 0 Å². The summed E-state index contributed by atoms with van der Waals surface area (Å²) >= 11 is 0. The van der Waals surface area contributed by atoms with Gasteiger partial charge in [-0.25, -0.2) is 0 Å². The van der Waals surface area contributed by atoms with E-state index in [1.807, 2.05) is 47.4 Å². The molecule has 0 bridgehead atoms. The Hall–Kier alpha value is -2.82. The summed E-state index contributed by atoms with van der Waals surface area (Å²) in [6.45, 7) is 1.20. The maximum absolute atomic E-state index is 13.0. The van der Waals surface area contributed by atoms with Crippen LogP contribution in [0.1, 0.15) is 36.3 Å². The number of nitrogens with zero attached hydrogens (tertiary/aromatic N) is 1. The number of esters is 1. The van der Waals surface area contributed by atoms with Crippen LogP contribution in [0.5, 0.6) is 5.75 Å². The number of carbonyl (C=O) groups is 2. The van der Waals surface area contributed by atoms with E-state index in [0.717, 1.165) is 16.9 Å². The number of methoxy groups -OCH3 is 2. The Bertz CT molecular complexity index is 780. The normalized spacial score (nSPS) is 15.7. The highest BCUT2D eigenvalue weighted by Gasteiger charge is 2.29. The molecule has 2 aromatic rings. The topological polar surface area (TPSA) is 55.8 Å². The van der Waals surface area contributed by atoms with E-state index in [1.165, 1.54) is 7.11 Å². The molecule has 1 heterocycles. The van der Waals surface area contributed by atoms with E-state index >= 15 is 0 Å². The molecule has 28 heavy (non-hydrogen) atoms. The molecule has 0 N–H and O–H groups in total. The van der Waals surface area contributed by atoms with Crippen LogP contribution in [-0.2, 0) is 14.3 Å². The molecule has 0 saturated carbocycles. The molecule has 1 saturated heterocycles. The van der Waals surface area contributed by atoms with E-state index in [0.29, 0.717) is 32.4 Å². The van der Waals surface area contributed by atoms with Crippen LogP contribution >= 0.6 is 0 Å². The molecule has 5 nitrogen and oxygen atoms in total. The summed E-state index contributed by atoms with van der Waals surface area (Å²) in [5.74, 6) is 0.630. The largest absolute Gasteiger partial charge is 0.497 e. The zero-order chi connectivity index (χ0) is 19.9. The molecule has 1 aliphatic rings. The molecule has 2 aromatic carbocycles. The van der Waals surface area contributed by atoms with Crippen molar-refractivity contribution in [1.82, 2.24) is 4.90 Å². The fourth-order valence-electron chi connectivity index (χ4n) is 3.78. The van der Waals surface area contributed by atoms with Crippen molar-refractivity contribution >= 4 is 11.9 Å². The van der Waals surface area contributed by atoms with Gasteiger partial charge < -0.3 is 14.4 Å². The zero-order valence-corrected chi connectivity index (χ0v) is 16.5. The van der Waals surface area contributed by atoms with Crippen LogP contribution in [0.25, 0.3) is 0 Å². The minimum absolute atomic E-state index is 0.0158. The molecule has 0 aliphatic carbocycles. The summed E-state index contributed by atoms with van der Waals surface area (Å²) in [4.78, 5) is 26.6. The number of likely N-dealkylation sites (tertiary alicyclic amines) is 1. The monoisotopic (exact) mass is 381 g/mol. The van der Waals surface area contributed by atoms with Gasteiger partial charge in [0.2, 0.25) is 5.91 Å². The predicted octanol–water partition coefficient (Wildman–Crippen LogP) is 3.63. The Labute approximate surface area is 166 Å². The van der Waals surface area contributed by atoms with Gasteiger partial charge >= 0.3 is 5.97 Å². The van der Waals surface area contributed by atoms with Crippen molar-refractivity contribution < 1.29 is 19.1 Å². The molecule has 1 atom stereocenters. The number of hydrogen-bond donors (Lipinski definition) is 0. The summed E-state index contributed by atoms with van der Waals surface area (Å²) in [7, 11) is 3.06. The number of carbonyl (C=O) groups excluding carboxylic acids is 2. The summed E-state index contributed by atoms with van der Waals surface area (Å²) in [6.07, 6.45) is 1.73. The average molecular weight is 381 g/mol. The highest BCUT2D eigenvalue weighted by molar-refractivity contribution is 5.78. The van der Waals surface area contributed by atoms with Gasteiger partial charge in [0.05, 0.1) is 20.1 Å². The Morgan fingerprint density at radius 3 is 2.14 bits per heavy atom. The van der Waals surface area contributed by atoms with Gasteiger partial charge in [0.1, 0.15) is 5.75 Å². The van der Waals surface area contributed by atoms with E-state index in [4.69, 9.17) is 9.47 Å². The highest BCUT2D eigenvalue weighted by atomic mass is 16.5. The van der Waals surface area contributed by atoms with Crippen LogP contribution in [0.3, 0.4) is 0 Å².